The largest absolute Gasteiger partial charge is 0.292 e. The number of hydrogen-bond acceptors (Lipinski definition) is 4. The maximum absolute atomic E-state index is 5.08. The van der Waals surface area contributed by atoms with Crippen molar-refractivity contribution in [3.63, 3.8) is 0 Å². The molecule has 0 aliphatic heterocycles. The van der Waals surface area contributed by atoms with Crippen LogP contribution in [-0.2, 0) is 0 Å². The Balaban J connectivity index is 1.04. The molecule has 5 heteroatoms. The fourth-order valence-electron chi connectivity index (χ4n) is 7.21. The number of imidazole rings is 1. The lowest BCUT2D eigenvalue weighted by molar-refractivity contribution is 1.07. The number of fused-ring (bicyclic) bond motifs is 4. The second-order valence-electron chi connectivity index (χ2n) is 13.1. The normalized spacial score (nSPS) is 11.4. The summed E-state index contributed by atoms with van der Waals surface area (Å²) < 4.78 is 2.23. The average molecular weight is 678 g/mol. The average Bonchev–Trinajstić information content (AvgIpc) is 3.64. The zero-order valence-electron chi connectivity index (χ0n) is 28.6. The van der Waals surface area contributed by atoms with Crippen molar-refractivity contribution in [2.75, 3.05) is 0 Å². The SMILES string of the molecule is c1ccc(-c2nc(-c3cccc(-c4ccc(-c5nc6ccccc6n5-c5ccccc5)cc4)c3)nc(-c3ccc4c(ccc5ccccc54)c3)n2)cc1. The number of rotatable bonds is 6. The highest BCUT2D eigenvalue weighted by atomic mass is 15.1. The Hall–Kier alpha value is -7.24. The van der Waals surface area contributed by atoms with Gasteiger partial charge in [0.2, 0.25) is 0 Å². The van der Waals surface area contributed by atoms with Crippen LogP contribution in [-0.4, -0.2) is 24.5 Å². The summed E-state index contributed by atoms with van der Waals surface area (Å²) in [6.45, 7) is 0. The van der Waals surface area contributed by atoms with Crippen molar-refractivity contribution in [3.8, 4) is 62.4 Å². The van der Waals surface area contributed by atoms with Gasteiger partial charge in [-0.1, -0.05) is 152 Å². The minimum Gasteiger partial charge on any atom is -0.292 e. The molecule has 0 aliphatic carbocycles. The van der Waals surface area contributed by atoms with Crippen LogP contribution in [0.15, 0.2) is 188 Å². The van der Waals surface area contributed by atoms with E-state index in [9.17, 15) is 0 Å². The molecule has 248 valence electrons. The van der Waals surface area contributed by atoms with Crippen LogP contribution in [0.25, 0.3) is 94.9 Å². The Morgan fingerprint density at radius 3 is 1.70 bits per heavy atom. The summed E-state index contributed by atoms with van der Waals surface area (Å²) in [5.41, 5.74) is 9.15. The van der Waals surface area contributed by atoms with E-state index >= 15 is 0 Å². The minimum atomic E-state index is 0.627. The summed E-state index contributed by atoms with van der Waals surface area (Å²) in [6.07, 6.45) is 0. The van der Waals surface area contributed by atoms with E-state index in [2.05, 4.69) is 150 Å². The quantitative estimate of drug-likeness (QED) is 0.164. The first-order valence-corrected chi connectivity index (χ1v) is 17.7. The molecule has 8 aromatic carbocycles. The highest BCUT2D eigenvalue weighted by Crippen LogP contribution is 2.33. The van der Waals surface area contributed by atoms with E-state index in [4.69, 9.17) is 19.9 Å². The van der Waals surface area contributed by atoms with E-state index < -0.39 is 0 Å². The Kier molecular flexibility index (Phi) is 7.40. The summed E-state index contributed by atoms with van der Waals surface area (Å²) in [4.78, 5) is 20.2. The van der Waals surface area contributed by atoms with E-state index in [1.54, 1.807) is 0 Å². The Morgan fingerprint density at radius 2 is 0.887 bits per heavy atom. The van der Waals surface area contributed by atoms with Gasteiger partial charge in [0.25, 0.3) is 0 Å². The van der Waals surface area contributed by atoms with Crippen LogP contribution in [0.5, 0.6) is 0 Å². The molecule has 0 unspecified atom stereocenters. The van der Waals surface area contributed by atoms with Crippen LogP contribution in [0, 0.1) is 0 Å². The summed E-state index contributed by atoms with van der Waals surface area (Å²) in [7, 11) is 0. The summed E-state index contributed by atoms with van der Waals surface area (Å²) >= 11 is 0. The van der Waals surface area contributed by atoms with Crippen molar-refractivity contribution < 1.29 is 0 Å². The Bertz CT molecular complexity index is 2930. The lowest BCUT2D eigenvalue weighted by Crippen LogP contribution is -2.00. The van der Waals surface area contributed by atoms with Crippen LogP contribution in [0.3, 0.4) is 0 Å². The summed E-state index contributed by atoms with van der Waals surface area (Å²) in [5, 5.41) is 4.82. The third-order valence-corrected chi connectivity index (χ3v) is 9.84. The van der Waals surface area contributed by atoms with Gasteiger partial charge in [0, 0.05) is 27.9 Å². The van der Waals surface area contributed by atoms with Gasteiger partial charge in [0.05, 0.1) is 11.0 Å². The van der Waals surface area contributed by atoms with Gasteiger partial charge < -0.3 is 0 Å². The molecule has 53 heavy (non-hydrogen) atoms. The predicted molar refractivity (Wildman–Crippen MR) is 217 cm³/mol. The molecule has 0 radical (unpaired) electrons. The molecular formula is C48H31N5. The van der Waals surface area contributed by atoms with Gasteiger partial charge in [-0.25, -0.2) is 19.9 Å². The third kappa shape index (κ3) is 5.61. The molecule has 0 spiro atoms. The Morgan fingerprint density at radius 1 is 0.321 bits per heavy atom. The van der Waals surface area contributed by atoms with Crippen LogP contribution in [0.4, 0.5) is 0 Å². The molecule has 0 bridgehead atoms. The first kappa shape index (κ1) is 30.6. The molecule has 2 heterocycles. The van der Waals surface area contributed by atoms with Crippen molar-refractivity contribution in [2.45, 2.75) is 0 Å². The highest BCUT2D eigenvalue weighted by Gasteiger charge is 2.16. The molecule has 10 aromatic rings. The van der Waals surface area contributed by atoms with E-state index in [1.165, 1.54) is 16.2 Å². The maximum atomic E-state index is 5.08. The number of nitrogens with zero attached hydrogens (tertiary/aromatic N) is 5. The second-order valence-corrected chi connectivity index (χ2v) is 13.1. The van der Waals surface area contributed by atoms with Crippen molar-refractivity contribution >= 4 is 32.6 Å². The van der Waals surface area contributed by atoms with E-state index in [0.717, 1.165) is 61.3 Å². The van der Waals surface area contributed by atoms with Gasteiger partial charge in [-0.05, 0) is 69.1 Å². The zero-order valence-corrected chi connectivity index (χ0v) is 28.6. The number of aromatic nitrogens is 5. The molecular weight excluding hydrogens is 647 g/mol. The first-order valence-electron chi connectivity index (χ1n) is 17.7. The van der Waals surface area contributed by atoms with Crippen LogP contribution < -0.4 is 0 Å². The molecule has 2 aromatic heterocycles. The van der Waals surface area contributed by atoms with Gasteiger partial charge in [0.1, 0.15) is 5.82 Å². The van der Waals surface area contributed by atoms with Crippen molar-refractivity contribution in [3.05, 3.63) is 188 Å². The van der Waals surface area contributed by atoms with Gasteiger partial charge in [0.15, 0.2) is 17.5 Å². The molecule has 0 amide bonds. The number of benzene rings is 8. The summed E-state index contributed by atoms with van der Waals surface area (Å²) in [5.74, 6) is 2.81. The minimum absolute atomic E-state index is 0.627. The molecule has 0 aliphatic rings. The molecule has 0 saturated heterocycles. The highest BCUT2D eigenvalue weighted by molar-refractivity contribution is 6.08. The van der Waals surface area contributed by atoms with E-state index in [0.29, 0.717) is 17.5 Å². The molecule has 0 N–H and O–H groups in total. The monoisotopic (exact) mass is 677 g/mol. The molecule has 5 nitrogen and oxygen atoms in total. The van der Waals surface area contributed by atoms with Crippen molar-refractivity contribution in [1.29, 1.82) is 0 Å². The fraction of sp³-hybridized carbons (Fsp3) is 0. The van der Waals surface area contributed by atoms with Crippen LogP contribution in [0.1, 0.15) is 0 Å². The van der Waals surface area contributed by atoms with Crippen LogP contribution in [0.2, 0.25) is 0 Å². The first-order chi connectivity index (χ1) is 26.2. The van der Waals surface area contributed by atoms with Gasteiger partial charge in [-0.15, -0.1) is 0 Å². The van der Waals surface area contributed by atoms with Gasteiger partial charge in [-0.2, -0.15) is 0 Å². The number of para-hydroxylation sites is 3. The summed E-state index contributed by atoms with van der Waals surface area (Å²) in [6, 6.07) is 65.2. The van der Waals surface area contributed by atoms with Gasteiger partial charge in [-0.3, -0.25) is 4.57 Å². The molecule has 0 fully saturated rings. The number of hydrogen-bond donors (Lipinski definition) is 0. The maximum Gasteiger partial charge on any atom is 0.164 e. The van der Waals surface area contributed by atoms with Crippen molar-refractivity contribution in [2.24, 2.45) is 0 Å². The van der Waals surface area contributed by atoms with E-state index in [1.807, 2.05) is 42.5 Å². The molecule has 10 rings (SSSR count). The second kappa shape index (κ2) is 12.8. The molecule has 0 saturated carbocycles. The molecule has 0 atom stereocenters. The van der Waals surface area contributed by atoms with Gasteiger partial charge >= 0.3 is 0 Å². The van der Waals surface area contributed by atoms with Crippen molar-refractivity contribution in [1.82, 2.24) is 24.5 Å². The lowest BCUT2D eigenvalue weighted by atomic mass is 10.00. The fourth-order valence-corrected chi connectivity index (χ4v) is 7.21. The standard InChI is InChI=1S/C48H31N5/c1-3-13-34(14-4-1)45-50-46(52-47(51-45)39-28-29-42-37(31-39)27-24-33-12-7-8-19-41(33)42)38-16-11-15-36(30-38)32-22-25-35(26-23-32)48-49-43-20-9-10-21-44(43)53(48)40-17-5-2-6-18-40/h1-31H. The third-order valence-electron chi connectivity index (χ3n) is 9.84. The van der Waals surface area contributed by atoms with Crippen LogP contribution >= 0.6 is 0 Å². The smallest absolute Gasteiger partial charge is 0.164 e. The topological polar surface area (TPSA) is 56.5 Å². The van der Waals surface area contributed by atoms with E-state index in [-0.39, 0.29) is 0 Å². The lowest BCUT2D eigenvalue weighted by Gasteiger charge is -2.11. The Labute approximate surface area is 306 Å². The zero-order chi connectivity index (χ0) is 35.1. The predicted octanol–water partition coefficient (Wildman–Crippen LogP) is 11.9.